The fourth-order valence-corrected chi connectivity index (χ4v) is 3.99. The summed E-state index contributed by atoms with van der Waals surface area (Å²) in [6, 6.07) is 14.7. The Morgan fingerprint density at radius 3 is 2.79 bits per heavy atom. The first-order valence-corrected chi connectivity index (χ1v) is 9.06. The predicted octanol–water partition coefficient (Wildman–Crippen LogP) is 3.39. The van der Waals surface area contributed by atoms with Crippen molar-refractivity contribution in [2.75, 3.05) is 18.1 Å². The topological polar surface area (TPSA) is 71.1 Å². The van der Waals surface area contributed by atoms with Gasteiger partial charge in [0, 0.05) is 18.3 Å². The highest BCUT2D eigenvalue weighted by atomic mass is 32.2. The summed E-state index contributed by atoms with van der Waals surface area (Å²) in [5.74, 6) is -0.0485. The number of para-hydroxylation sites is 1. The Labute approximate surface area is 147 Å². The molecule has 0 atom stereocenters. The zero-order chi connectivity index (χ0) is 16.9. The van der Waals surface area contributed by atoms with Gasteiger partial charge in [0.25, 0.3) is 5.91 Å². The maximum atomic E-state index is 12.1. The number of thiazole rings is 1. The van der Waals surface area contributed by atoms with E-state index in [9.17, 15) is 9.59 Å². The van der Waals surface area contributed by atoms with Gasteiger partial charge in [-0.05, 0) is 30.3 Å². The Balaban J connectivity index is 1.60. The van der Waals surface area contributed by atoms with Crippen molar-refractivity contribution in [3.8, 4) is 0 Å². The Kier molecular flexibility index (Phi) is 5.12. The summed E-state index contributed by atoms with van der Waals surface area (Å²) in [7, 11) is 1.57. The molecule has 0 spiro atoms. The number of nitrogens with zero attached hydrogens (tertiary/aromatic N) is 1. The molecule has 7 heteroatoms. The molecule has 122 valence electrons. The van der Waals surface area contributed by atoms with Crippen molar-refractivity contribution in [3.05, 3.63) is 54.1 Å². The van der Waals surface area contributed by atoms with Crippen LogP contribution in [0.15, 0.2) is 52.9 Å². The van der Waals surface area contributed by atoms with E-state index >= 15 is 0 Å². The predicted molar refractivity (Wildman–Crippen MR) is 98.8 cm³/mol. The highest BCUT2D eigenvalue weighted by Crippen LogP contribution is 2.29. The molecule has 0 aliphatic heterocycles. The van der Waals surface area contributed by atoms with Crippen LogP contribution < -0.4 is 10.6 Å². The highest BCUT2D eigenvalue weighted by Gasteiger charge is 2.09. The molecule has 0 saturated carbocycles. The lowest BCUT2D eigenvalue weighted by atomic mass is 10.2. The second kappa shape index (κ2) is 7.46. The van der Waals surface area contributed by atoms with Crippen LogP contribution in [0.4, 0.5) is 5.69 Å². The first kappa shape index (κ1) is 16.5. The van der Waals surface area contributed by atoms with E-state index in [-0.39, 0.29) is 17.6 Å². The minimum atomic E-state index is -0.185. The van der Waals surface area contributed by atoms with Gasteiger partial charge in [0.2, 0.25) is 5.91 Å². The van der Waals surface area contributed by atoms with Crippen LogP contribution in [0.5, 0.6) is 0 Å². The van der Waals surface area contributed by atoms with E-state index in [1.807, 2.05) is 24.3 Å². The fourth-order valence-electron chi connectivity index (χ4n) is 2.12. The molecular formula is C17H15N3O2S2. The van der Waals surface area contributed by atoms with E-state index in [2.05, 4.69) is 15.6 Å². The Hall–Kier alpha value is -2.38. The number of hydrogen-bond acceptors (Lipinski definition) is 5. The molecule has 1 heterocycles. The number of hydrogen-bond donors (Lipinski definition) is 2. The molecule has 24 heavy (non-hydrogen) atoms. The quantitative estimate of drug-likeness (QED) is 0.687. The van der Waals surface area contributed by atoms with Crippen molar-refractivity contribution in [1.82, 2.24) is 10.3 Å². The fraction of sp³-hybridized carbons (Fsp3) is 0.118. The Morgan fingerprint density at radius 2 is 2.00 bits per heavy atom. The molecule has 0 aliphatic carbocycles. The van der Waals surface area contributed by atoms with Crippen LogP contribution in [0.2, 0.25) is 0 Å². The van der Waals surface area contributed by atoms with Gasteiger partial charge in [0.05, 0.1) is 16.0 Å². The van der Waals surface area contributed by atoms with Crippen LogP contribution in [0.25, 0.3) is 10.2 Å². The number of amides is 2. The van der Waals surface area contributed by atoms with Crippen molar-refractivity contribution in [2.24, 2.45) is 0 Å². The lowest BCUT2D eigenvalue weighted by molar-refractivity contribution is -0.113. The Morgan fingerprint density at radius 1 is 1.17 bits per heavy atom. The lowest BCUT2D eigenvalue weighted by Crippen LogP contribution is -2.18. The molecule has 3 aromatic rings. The van der Waals surface area contributed by atoms with Crippen molar-refractivity contribution in [1.29, 1.82) is 0 Å². The minimum absolute atomic E-state index is 0.131. The summed E-state index contributed by atoms with van der Waals surface area (Å²) >= 11 is 2.98. The van der Waals surface area contributed by atoms with Gasteiger partial charge in [-0.1, -0.05) is 30.0 Å². The number of benzene rings is 2. The minimum Gasteiger partial charge on any atom is -0.355 e. The van der Waals surface area contributed by atoms with E-state index in [0.717, 1.165) is 14.6 Å². The average molecular weight is 357 g/mol. The second-order valence-electron chi connectivity index (χ2n) is 4.94. The van der Waals surface area contributed by atoms with Crippen LogP contribution in [0.3, 0.4) is 0 Å². The van der Waals surface area contributed by atoms with Gasteiger partial charge in [-0.15, -0.1) is 11.3 Å². The van der Waals surface area contributed by atoms with Crippen molar-refractivity contribution >= 4 is 50.8 Å². The molecule has 0 unspecified atom stereocenters. The van der Waals surface area contributed by atoms with Crippen LogP contribution in [0.1, 0.15) is 10.4 Å². The number of fused-ring (bicyclic) bond motifs is 1. The summed E-state index contributed by atoms with van der Waals surface area (Å²) in [5.41, 5.74) is 2.06. The van der Waals surface area contributed by atoms with E-state index in [1.54, 1.807) is 42.6 Å². The maximum Gasteiger partial charge on any atom is 0.251 e. The van der Waals surface area contributed by atoms with Crippen molar-refractivity contribution in [3.63, 3.8) is 0 Å². The van der Waals surface area contributed by atoms with Crippen LogP contribution in [-0.4, -0.2) is 29.6 Å². The molecular weight excluding hydrogens is 342 g/mol. The molecule has 0 bridgehead atoms. The molecule has 3 rings (SSSR count). The van der Waals surface area contributed by atoms with E-state index < -0.39 is 0 Å². The lowest BCUT2D eigenvalue weighted by Gasteiger charge is -2.06. The number of rotatable bonds is 5. The SMILES string of the molecule is CNC(=O)c1cccc(NC(=O)CSc2nc3ccccc3s2)c1. The molecule has 0 radical (unpaired) electrons. The second-order valence-corrected chi connectivity index (χ2v) is 7.20. The molecule has 2 N–H and O–H groups in total. The third kappa shape index (κ3) is 3.93. The van der Waals surface area contributed by atoms with Gasteiger partial charge in [-0.2, -0.15) is 0 Å². The van der Waals surface area contributed by atoms with Crippen LogP contribution >= 0.6 is 23.1 Å². The van der Waals surface area contributed by atoms with Gasteiger partial charge < -0.3 is 10.6 Å². The number of thioether (sulfide) groups is 1. The van der Waals surface area contributed by atoms with E-state index in [0.29, 0.717) is 11.3 Å². The van der Waals surface area contributed by atoms with Crippen molar-refractivity contribution < 1.29 is 9.59 Å². The molecule has 2 aromatic carbocycles. The number of aromatic nitrogens is 1. The average Bonchev–Trinajstić information content (AvgIpc) is 3.02. The van der Waals surface area contributed by atoms with Gasteiger partial charge in [-0.3, -0.25) is 9.59 Å². The smallest absolute Gasteiger partial charge is 0.251 e. The monoisotopic (exact) mass is 357 g/mol. The summed E-state index contributed by atoms with van der Waals surface area (Å²) in [5, 5.41) is 5.36. The zero-order valence-electron chi connectivity index (χ0n) is 12.9. The van der Waals surface area contributed by atoms with Crippen LogP contribution in [0, 0.1) is 0 Å². The molecule has 0 fully saturated rings. The van der Waals surface area contributed by atoms with Gasteiger partial charge in [0.1, 0.15) is 0 Å². The van der Waals surface area contributed by atoms with Gasteiger partial charge >= 0.3 is 0 Å². The summed E-state index contributed by atoms with van der Waals surface area (Å²) in [4.78, 5) is 28.2. The van der Waals surface area contributed by atoms with Crippen LogP contribution in [-0.2, 0) is 4.79 Å². The summed E-state index contributed by atoms with van der Waals surface area (Å²) in [6.07, 6.45) is 0. The summed E-state index contributed by atoms with van der Waals surface area (Å²) < 4.78 is 1.98. The van der Waals surface area contributed by atoms with E-state index in [1.165, 1.54) is 11.8 Å². The number of carbonyl (C=O) groups is 2. The van der Waals surface area contributed by atoms with E-state index in [4.69, 9.17) is 0 Å². The standard InChI is InChI=1S/C17H15N3O2S2/c1-18-16(22)11-5-4-6-12(9-11)19-15(21)10-23-17-20-13-7-2-3-8-14(13)24-17/h2-9H,10H2,1H3,(H,18,22)(H,19,21). The first-order chi connectivity index (χ1) is 11.7. The molecule has 2 amide bonds. The number of anilines is 1. The number of carbonyl (C=O) groups excluding carboxylic acids is 2. The third-order valence-electron chi connectivity index (χ3n) is 3.24. The highest BCUT2D eigenvalue weighted by molar-refractivity contribution is 8.01. The number of nitrogens with one attached hydrogen (secondary N) is 2. The molecule has 1 aromatic heterocycles. The Bertz CT molecular complexity index is 859. The summed E-state index contributed by atoms with van der Waals surface area (Å²) in [6.45, 7) is 0. The van der Waals surface area contributed by atoms with Gasteiger partial charge in [0.15, 0.2) is 4.34 Å². The molecule has 0 aliphatic rings. The molecule has 5 nitrogen and oxygen atoms in total. The van der Waals surface area contributed by atoms with Gasteiger partial charge in [-0.25, -0.2) is 4.98 Å². The third-order valence-corrected chi connectivity index (χ3v) is 5.42. The first-order valence-electron chi connectivity index (χ1n) is 7.26. The maximum absolute atomic E-state index is 12.1. The zero-order valence-corrected chi connectivity index (χ0v) is 14.5. The molecule has 0 saturated heterocycles. The largest absolute Gasteiger partial charge is 0.355 e. The normalized spacial score (nSPS) is 10.5. The van der Waals surface area contributed by atoms with Crippen molar-refractivity contribution in [2.45, 2.75) is 4.34 Å².